The molecule has 0 aromatic heterocycles. The highest BCUT2D eigenvalue weighted by molar-refractivity contribution is 5.80. The van der Waals surface area contributed by atoms with Gasteiger partial charge in [-0.3, -0.25) is 9.69 Å². The Bertz CT molecular complexity index is 152. The van der Waals surface area contributed by atoms with Crippen molar-refractivity contribution in [2.45, 2.75) is 45.6 Å². The molecule has 0 atom stereocenters. The van der Waals surface area contributed by atoms with Crippen molar-refractivity contribution in [3.8, 4) is 0 Å². The molecule has 0 amide bonds. The number of hydrogen-bond donors (Lipinski definition) is 0. The van der Waals surface area contributed by atoms with Gasteiger partial charge in [0.25, 0.3) is 0 Å². The number of carbonyl (C=O) groups excluding carboxylic acids is 1. The maximum Gasteiger partial charge on any atom is 0.146 e. The Balaban J connectivity index is 2.21. The van der Waals surface area contributed by atoms with Crippen molar-refractivity contribution < 1.29 is 4.79 Å². The molecular formula is C10H19NO. The summed E-state index contributed by atoms with van der Waals surface area (Å²) >= 11 is 0. The second-order valence-electron chi connectivity index (χ2n) is 3.58. The summed E-state index contributed by atoms with van der Waals surface area (Å²) in [6.07, 6.45) is 4.34. The van der Waals surface area contributed by atoms with Crippen LogP contribution in [-0.4, -0.2) is 29.8 Å². The van der Waals surface area contributed by atoms with Gasteiger partial charge in [-0.1, -0.05) is 13.8 Å². The van der Waals surface area contributed by atoms with E-state index in [0.29, 0.717) is 12.3 Å². The highest BCUT2D eigenvalue weighted by atomic mass is 16.1. The predicted molar refractivity (Wildman–Crippen MR) is 50.2 cm³/mol. The summed E-state index contributed by atoms with van der Waals surface area (Å²) in [5.41, 5.74) is 0. The topological polar surface area (TPSA) is 20.3 Å². The second-order valence-corrected chi connectivity index (χ2v) is 3.58. The van der Waals surface area contributed by atoms with Gasteiger partial charge in [0.05, 0.1) is 6.54 Å². The number of hydrogen-bond acceptors (Lipinski definition) is 2. The van der Waals surface area contributed by atoms with Crippen LogP contribution >= 0.6 is 0 Å². The van der Waals surface area contributed by atoms with Crippen molar-refractivity contribution in [3.05, 3.63) is 0 Å². The summed E-state index contributed by atoms with van der Waals surface area (Å²) in [6.45, 7) is 5.91. The molecule has 0 radical (unpaired) electrons. The standard InChI is InChI=1S/C10H19NO/c1-3-5-10(12)8-11(4-2)9-6-7-9/h9H,3-8H2,1-2H3. The van der Waals surface area contributed by atoms with Crippen LogP contribution in [0.25, 0.3) is 0 Å². The highest BCUT2D eigenvalue weighted by Gasteiger charge is 2.28. The van der Waals surface area contributed by atoms with Gasteiger partial charge in [0, 0.05) is 12.5 Å². The quantitative estimate of drug-likeness (QED) is 0.604. The van der Waals surface area contributed by atoms with Crippen molar-refractivity contribution in [1.29, 1.82) is 0 Å². The minimum Gasteiger partial charge on any atom is -0.298 e. The summed E-state index contributed by atoms with van der Waals surface area (Å²) in [7, 11) is 0. The number of carbonyl (C=O) groups is 1. The van der Waals surface area contributed by atoms with Crippen LogP contribution in [0.3, 0.4) is 0 Å². The third-order valence-corrected chi connectivity index (χ3v) is 2.38. The van der Waals surface area contributed by atoms with E-state index in [1.165, 1.54) is 12.8 Å². The Kier molecular flexibility index (Phi) is 3.73. The SMILES string of the molecule is CCCC(=O)CN(CC)C1CC1. The summed E-state index contributed by atoms with van der Waals surface area (Å²) in [4.78, 5) is 13.6. The van der Waals surface area contributed by atoms with Crippen molar-refractivity contribution in [2.75, 3.05) is 13.1 Å². The van der Waals surface area contributed by atoms with Crippen LogP contribution in [0, 0.1) is 0 Å². The molecule has 12 heavy (non-hydrogen) atoms. The maximum atomic E-state index is 11.3. The Morgan fingerprint density at radius 3 is 2.50 bits per heavy atom. The first-order chi connectivity index (χ1) is 5.77. The average molecular weight is 169 g/mol. The van der Waals surface area contributed by atoms with E-state index in [4.69, 9.17) is 0 Å². The van der Waals surface area contributed by atoms with Gasteiger partial charge in [-0.15, -0.1) is 0 Å². The van der Waals surface area contributed by atoms with E-state index < -0.39 is 0 Å². The molecule has 1 fully saturated rings. The zero-order chi connectivity index (χ0) is 8.97. The summed E-state index contributed by atoms with van der Waals surface area (Å²) in [5, 5.41) is 0. The minimum atomic E-state index is 0.409. The lowest BCUT2D eigenvalue weighted by atomic mass is 10.2. The van der Waals surface area contributed by atoms with Crippen LogP contribution in [-0.2, 0) is 4.79 Å². The lowest BCUT2D eigenvalue weighted by Gasteiger charge is -2.18. The molecule has 1 saturated carbocycles. The summed E-state index contributed by atoms with van der Waals surface area (Å²) in [5.74, 6) is 0.409. The second kappa shape index (κ2) is 4.61. The van der Waals surface area contributed by atoms with Gasteiger partial charge < -0.3 is 0 Å². The summed E-state index contributed by atoms with van der Waals surface area (Å²) < 4.78 is 0. The molecule has 0 bridgehead atoms. The predicted octanol–water partition coefficient (Wildman–Crippen LogP) is 1.84. The van der Waals surface area contributed by atoms with Gasteiger partial charge in [-0.25, -0.2) is 0 Å². The molecule has 2 nitrogen and oxygen atoms in total. The van der Waals surface area contributed by atoms with Crippen LogP contribution in [0.4, 0.5) is 0 Å². The normalized spacial score (nSPS) is 16.9. The zero-order valence-corrected chi connectivity index (χ0v) is 8.18. The molecule has 0 spiro atoms. The first-order valence-corrected chi connectivity index (χ1v) is 5.03. The molecule has 0 saturated heterocycles. The molecule has 0 aromatic rings. The molecule has 0 heterocycles. The Morgan fingerprint density at radius 1 is 1.42 bits per heavy atom. The molecule has 70 valence electrons. The molecule has 2 heteroatoms. The molecule has 0 aliphatic heterocycles. The zero-order valence-electron chi connectivity index (χ0n) is 8.18. The van der Waals surface area contributed by atoms with Crippen LogP contribution in [0.2, 0.25) is 0 Å². The first-order valence-electron chi connectivity index (χ1n) is 5.03. The van der Waals surface area contributed by atoms with Crippen LogP contribution in [0.5, 0.6) is 0 Å². The third-order valence-electron chi connectivity index (χ3n) is 2.38. The molecule has 1 aliphatic rings. The monoisotopic (exact) mass is 169 g/mol. The molecular weight excluding hydrogens is 150 g/mol. The largest absolute Gasteiger partial charge is 0.298 e. The van der Waals surface area contributed by atoms with Gasteiger partial charge in [0.1, 0.15) is 5.78 Å². The molecule has 0 unspecified atom stereocenters. The van der Waals surface area contributed by atoms with Crippen molar-refractivity contribution in [2.24, 2.45) is 0 Å². The number of likely N-dealkylation sites (N-methyl/N-ethyl adjacent to an activating group) is 1. The minimum absolute atomic E-state index is 0.409. The Morgan fingerprint density at radius 2 is 2.08 bits per heavy atom. The van der Waals surface area contributed by atoms with E-state index in [9.17, 15) is 4.79 Å². The van der Waals surface area contributed by atoms with Crippen molar-refractivity contribution in [3.63, 3.8) is 0 Å². The maximum absolute atomic E-state index is 11.3. The fraction of sp³-hybridized carbons (Fsp3) is 0.900. The van der Waals surface area contributed by atoms with Gasteiger partial charge in [0.15, 0.2) is 0 Å². The number of Topliss-reactive ketones (excluding diaryl/α,β-unsaturated/α-hetero) is 1. The van der Waals surface area contributed by atoms with Crippen LogP contribution in [0.1, 0.15) is 39.5 Å². The van der Waals surface area contributed by atoms with E-state index in [2.05, 4.69) is 18.7 Å². The Labute approximate surface area is 74.9 Å². The first kappa shape index (κ1) is 9.72. The van der Waals surface area contributed by atoms with Crippen molar-refractivity contribution >= 4 is 5.78 Å². The van der Waals surface area contributed by atoms with E-state index in [-0.39, 0.29) is 0 Å². The van der Waals surface area contributed by atoms with Gasteiger partial charge in [-0.2, -0.15) is 0 Å². The van der Waals surface area contributed by atoms with Gasteiger partial charge >= 0.3 is 0 Å². The fourth-order valence-electron chi connectivity index (χ4n) is 1.52. The molecule has 0 aromatic carbocycles. The fourth-order valence-corrected chi connectivity index (χ4v) is 1.52. The van der Waals surface area contributed by atoms with Gasteiger partial charge in [-0.05, 0) is 25.8 Å². The number of nitrogens with zero attached hydrogens (tertiary/aromatic N) is 1. The smallest absolute Gasteiger partial charge is 0.146 e. The van der Waals surface area contributed by atoms with E-state index in [1.807, 2.05) is 0 Å². The van der Waals surface area contributed by atoms with E-state index >= 15 is 0 Å². The highest BCUT2D eigenvalue weighted by Crippen LogP contribution is 2.26. The van der Waals surface area contributed by atoms with Crippen LogP contribution < -0.4 is 0 Å². The van der Waals surface area contributed by atoms with Gasteiger partial charge in [0.2, 0.25) is 0 Å². The lowest BCUT2D eigenvalue weighted by molar-refractivity contribution is -0.120. The number of ketones is 1. The number of rotatable bonds is 6. The average Bonchev–Trinajstić information content (AvgIpc) is 2.83. The van der Waals surface area contributed by atoms with Crippen LogP contribution in [0.15, 0.2) is 0 Å². The molecule has 1 rings (SSSR count). The molecule has 0 N–H and O–H groups in total. The molecule has 1 aliphatic carbocycles. The lowest BCUT2D eigenvalue weighted by Crippen LogP contribution is -2.31. The van der Waals surface area contributed by atoms with E-state index in [1.54, 1.807) is 0 Å². The third kappa shape index (κ3) is 2.94. The van der Waals surface area contributed by atoms with Crippen molar-refractivity contribution in [1.82, 2.24) is 4.90 Å². The Hall–Kier alpha value is -0.370. The van der Waals surface area contributed by atoms with E-state index in [0.717, 1.165) is 25.4 Å². The summed E-state index contributed by atoms with van der Waals surface area (Å²) in [6, 6.07) is 0.732.